The van der Waals surface area contributed by atoms with Gasteiger partial charge in [-0.3, -0.25) is 0 Å². The van der Waals surface area contributed by atoms with Crippen LogP contribution in [0, 0.1) is 11.6 Å². The van der Waals surface area contributed by atoms with Crippen molar-refractivity contribution in [1.82, 2.24) is 9.97 Å². The van der Waals surface area contributed by atoms with Crippen LogP contribution in [0.2, 0.25) is 5.15 Å². The second kappa shape index (κ2) is 6.47. The van der Waals surface area contributed by atoms with E-state index in [-0.39, 0.29) is 0 Å². The Morgan fingerprint density at radius 2 is 1.95 bits per heavy atom. The third kappa shape index (κ3) is 3.54. The topological polar surface area (TPSA) is 47.0 Å². The van der Waals surface area contributed by atoms with Crippen molar-refractivity contribution in [2.45, 2.75) is 6.42 Å². The summed E-state index contributed by atoms with van der Waals surface area (Å²) in [4.78, 5) is 7.73. The van der Waals surface area contributed by atoms with Gasteiger partial charge < -0.3 is 10.1 Å². The van der Waals surface area contributed by atoms with Crippen molar-refractivity contribution in [3.05, 3.63) is 46.9 Å². The Labute approximate surface area is 119 Å². The maximum absolute atomic E-state index is 13.2. The average Bonchev–Trinajstić information content (AvgIpc) is 2.42. The molecule has 1 aromatic carbocycles. The fourth-order valence-corrected chi connectivity index (χ4v) is 1.86. The number of rotatable bonds is 5. The number of nitrogens with zero attached hydrogens (tertiary/aromatic N) is 2. The van der Waals surface area contributed by atoms with E-state index in [0.717, 1.165) is 12.1 Å². The molecule has 2 rings (SSSR count). The van der Waals surface area contributed by atoms with E-state index in [9.17, 15) is 8.78 Å². The zero-order valence-corrected chi connectivity index (χ0v) is 11.4. The second-order valence-corrected chi connectivity index (χ2v) is 4.37. The van der Waals surface area contributed by atoms with Gasteiger partial charge in [-0.25, -0.2) is 18.7 Å². The van der Waals surface area contributed by atoms with Crippen LogP contribution in [0.4, 0.5) is 14.6 Å². The van der Waals surface area contributed by atoms with Crippen molar-refractivity contribution in [2.24, 2.45) is 0 Å². The Balaban J connectivity index is 2.02. The standard InChI is InChI=1S/C13H12ClF2N3O/c1-20-11-5-10(16)9(15)4-8(11)2-3-17-13-6-12(14)18-7-19-13/h4-7H,2-3H2,1H3,(H,17,18,19). The molecule has 0 aliphatic carbocycles. The SMILES string of the molecule is COc1cc(F)c(F)cc1CCNc1cc(Cl)ncn1. The number of nitrogens with one attached hydrogen (secondary N) is 1. The van der Waals surface area contributed by atoms with Gasteiger partial charge in [-0.2, -0.15) is 0 Å². The molecule has 0 spiro atoms. The van der Waals surface area contributed by atoms with Crippen molar-refractivity contribution in [3.8, 4) is 5.75 Å². The van der Waals surface area contributed by atoms with Crippen LogP contribution in [0.1, 0.15) is 5.56 Å². The molecule has 1 N–H and O–H groups in total. The van der Waals surface area contributed by atoms with E-state index in [2.05, 4.69) is 15.3 Å². The van der Waals surface area contributed by atoms with Gasteiger partial charge in [-0.1, -0.05) is 11.6 Å². The molecule has 4 nitrogen and oxygen atoms in total. The summed E-state index contributed by atoms with van der Waals surface area (Å²) in [6, 6.07) is 3.74. The van der Waals surface area contributed by atoms with Gasteiger partial charge in [0.1, 0.15) is 23.0 Å². The summed E-state index contributed by atoms with van der Waals surface area (Å²) in [7, 11) is 1.41. The predicted octanol–water partition coefficient (Wildman–Crippen LogP) is 3.07. The summed E-state index contributed by atoms with van der Waals surface area (Å²) < 4.78 is 31.3. The quantitative estimate of drug-likeness (QED) is 0.862. The van der Waals surface area contributed by atoms with Crippen molar-refractivity contribution in [2.75, 3.05) is 19.0 Å². The minimum absolute atomic E-state index is 0.311. The Kier molecular flexibility index (Phi) is 4.68. The normalized spacial score (nSPS) is 10.4. The van der Waals surface area contributed by atoms with Crippen molar-refractivity contribution >= 4 is 17.4 Å². The summed E-state index contributed by atoms with van der Waals surface area (Å²) >= 11 is 5.72. The van der Waals surface area contributed by atoms with E-state index in [1.807, 2.05) is 0 Å². The first-order valence-corrected chi connectivity index (χ1v) is 6.21. The molecule has 0 saturated heterocycles. The lowest BCUT2D eigenvalue weighted by Crippen LogP contribution is -2.08. The molecule has 1 aromatic heterocycles. The average molecular weight is 300 g/mol. The van der Waals surface area contributed by atoms with E-state index >= 15 is 0 Å². The van der Waals surface area contributed by atoms with Crippen LogP contribution >= 0.6 is 11.6 Å². The van der Waals surface area contributed by atoms with Crippen molar-refractivity contribution in [1.29, 1.82) is 0 Å². The number of hydrogen-bond acceptors (Lipinski definition) is 4. The Hall–Kier alpha value is -1.95. The monoisotopic (exact) mass is 299 g/mol. The number of methoxy groups -OCH3 is 1. The van der Waals surface area contributed by atoms with E-state index in [0.29, 0.717) is 35.2 Å². The van der Waals surface area contributed by atoms with Crippen LogP contribution in [-0.2, 0) is 6.42 Å². The first-order valence-electron chi connectivity index (χ1n) is 5.83. The predicted molar refractivity (Wildman–Crippen MR) is 72.1 cm³/mol. The lowest BCUT2D eigenvalue weighted by molar-refractivity contribution is 0.401. The molecule has 0 saturated carbocycles. The van der Waals surface area contributed by atoms with Crippen molar-refractivity contribution < 1.29 is 13.5 Å². The zero-order chi connectivity index (χ0) is 14.5. The maximum atomic E-state index is 13.2. The van der Waals surface area contributed by atoms with Crippen LogP contribution in [0.3, 0.4) is 0 Å². The van der Waals surface area contributed by atoms with Crippen LogP contribution in [0.15, 0.2) is 24.5 Å². The summed E-state index contributed by atoms with van der Waals surface area (Å²) in [5.74, 6) is -0.954. The fraction of sp³-hybridized carbons (Fsp3) is 0.231. The first-order chi connectivity index (χ1) is 9.60. The molecule has 20 heavy (non-hydrogen) atoms. The smallest absolute Gasteiger partial charge is 0.162 e. The highest BCUT2D eigenvalue weighted by atomic mass is 35.5. The maximum Gasteiger partial charge on any atom is 0.162 e. The third-order valence-corrected chi connectivity index (χ3v) is 2.86. The highest BCUT2D eigenvalue weighted by Crippen LogP contribution is 2.22. The molecule has 2 aromatic rings. The summed E-state index contributed by atoms with van der Waals surface area (Å²) in [6.07, 6.45) is 1.78. The number of ether oxygens (including phenoxy) is 1. The fourth-order valence-electron chi connectivity index (χ4n) is 1.71. The molecule has 0 fully saturated rings. The van der Waals surface area contributed by atoms with Gasteiger partial charge in [0.2, 0.25) is 0 Å². The molecule has 1 heterocycles. The molecule has 0 aliphatic heterocycles. The van der Waals surface area contributed by atoms with Gasteiger partial charge in [-0.05, 0) is 18.1 Å². The number of hydrogen-bond donors (Lipinski definition) is 1. The molecule has 0 aliphatic rings. The lowest BCUT2D eigenvalue weighted by atomic mass is 10.1. The Morgan fingerprint density at radius 1 is 1.20 bits per heavy atom. The van der Waals surface area contributed by atoms with Gasteiger partial charge in [-0.15, -0.1) is 0 Å². The van der Waals surface area contributed by atoms with Crippen LogP contribution in [0.25, 0.3) is 0 Å². The number of halogens is 3. The molecule has 0 bridgehead atoms. The number of anilines is 1. The van der Waals surface area contributed by atoms with E-state index in [1.54, 1.807) is 6.07 Å². The van der Waals surface area contributed by atoms with Crippen LogP contribution in [-0.4, -0.2) is 23.6 Å². The minimum Gasteiger partial charge on any atom is -0.496 e. The highest BCUT2D eigenvalue weighted by molar-refractivity contribution is 6.29. The summed E-state index contributed by atoms with van der Waals surface area (Å²) in [6.45, 7) is 0.467. The van der Waals surface area contributed by atoms with E-state index < -0.39 is 11.6 Å². The van der Waals surface area contributed by atoms with Crippen LogP contribution < -0.4 is 10.1 Å². The van der Waals surface area contributed by atoms with Gasteiger partial charge in [0.25, 0.3) is 0 Å². The molecule has 7 heteroatoms. The largest absolute Gasteiger partial charge is 0.496 e. The molecule has 106 valence electrons. The molecule has 0 amide bonds. The summed E-state index contributed by atoms with van der Waals surface area (Å²) in [5.41, 5.74) is 0.569. The van der Waals surface area contributed by atoms with Gasteiger partial charge in [0, 0.05) is 18.7 Å². The molecular formula is C13H12ClF2N3O. The lowest BCUT2D eigenvalue weighted by Gasteiger charge is -2.10. The van der Waals surface area contributed by atoms with Gasteiger partial charge in [0.05, 0.1) is 7.11 Å². The Morgan fingerprint density at radius 3 is 2.65 bits per heavy atom. The van der Waals surface area contributed by atoms with E-state index in [4.69, 9.17) is 16.3 Å². The van der Waals surface area contributed by atoms with E-state index in [1.165, 1.54) is 13.4 Å². The highest BCUT2D eigenvalue weighted by Gasteiger charge is 2.10. The Bertz CT molecular complexity index is 610. The molecule has 0 unspecified atom stereocenters. The number of benzene rings is 1. The summed E-state index contributed by atoms with van der Waals surface area (Å²) in [5, 5.41) is 3.34. The first kappa shape index (κ1) is 14.5. The minimum atomic E-state index is -0.929. The van der Waals surface area contributed by atoms with Gasteiger partial charge in [0.15, 0.2) is 11.6 Å². The third-order valence-electron chi connectivity index (χ3n) is 2.66. The number of aromatic nitrogens is 2. The second-order valence-electron chi connectivity index (χ2n) is 3.98. The molecule has 0 atom stereocenters. The van der Waals surface area contributed by atoms with Crippen LogP contribution in [0.5, 0.6) is 5.75 Å². The molecular weight excluding hydrogens is 288 g/mol. The zero-order valence-electron chi connectivity index (χ0n) is 10.7. The van der Waals surface area contributed by atoms with Gasteiger partial charge >= 0.3 is 0 Å². The molecule has 0 radical (unpaired) electrons. The van der Waals surface area contributed by atoms with Crippen molar-refractivity contribution in [3.63, 3.8) is 0 Å².